The standard InChI is InChI=1S/C40H23NO/c1-2-12-26(13-3-1)41-35-17-9-8-15-28(35)33-22-34-38(23-36(33)41)42-37-19-18-30-32-21-25-11-5-4-10-24(25)20-31(32)27-14-6-7-16-29(27)39(30)40(34)37/h1-23H. The van der Waals surface area contributed by atoms with Gasteiger partial charge in [0.25, 0.3) is 0 Å². The van der Waals surface area contributed by atoms with Crippen molar-refractivity contribution in [1.29, 1.82) is 0 Å². The Hall–Kier alpha value is -5.60. The van der Waals surface area contributed by atoms with Crippen molar-refractivity contribution in [1.82, 2.24) is 4.57 Å². The summed E-state index contributed by atoms with van der Waals surface area (Å²) in [6.07, 6.45) is 0. The van der Waals surface area contributed by atoms with Crippen molar-refractivity contribution in [3.05, 3.63) is 140 Å². The van der Waals surface area contributed by atoms with Crippen molar-refractivity contribution >= 4 is 86.8 Å². The molecule has 0 bridgehead atoms. The van der Waals surface area contributed by atoms with Crippen LogP contribution in [0.1, 0.15) is 0 Å². The fourth-order valence-electron chi connectivity index (χ4n) is 7.31. The van der Waals surface area contributed by atoms with Crippen molar-refractivity contribution in [3.8, 4) is 5.69 Å². The number of para-hydroxylation sites is 2. The molecule has 0 atom stereocenters. The first kappa shape index (κ1) is 22.1. The SMILES string of the molecule is c1ccc(-n2c3ccccc3c3cc4c(cc32)oc2ccc3c5cc6ccccc6cc5c5ccccc5c3c24)cc1. The Morgan fingerprint density at radius 2 is 1.00 bits per heavy atom. The molecule has 0 saturated carbocycles. The second kappa shape index (κ2) is 7.99. The van der Waals surface area contributed by atoms with E-state index in [1.807, 2.05) is 0 Å². The summed E-state index contributed by atoms with van der Waals surface area (Å²) in [5.74, 6) is 0. The van der Waals surface area contributed by atoms with Crippen molar-refractivity contribution in [2.45, 2.75) is 0 Å². The third-order valence-electron chi connectivity index (χ3n) is 9.11. The molecular formula is C40H23NO. The molecule has 42 heavy (non-hydrogen) atoms. The van der Waals surface area contributed by atoms with E-state index >= 15 is 0 Å². The zero-order valence-corrected chi connectivity index (χ0v) is 22.6. The van der Waals surface area contributed by atoms with Crippen LogP contribution in [0.3, 0.4) is 0 Å². The summed E-state index contributed by atoms with van der Waals surface area (Å²) >= 11 is 0. The van der Waals surface area contributed by atoms with Crippen molar-refractivity contribution < 1.29 is 4.42 Å². The number of hydrogen-bond donors (Lipinski definition) is 0. The molecule has 0 amide bonds. The molecule has 0 unspecified atom stereocenters. The summed E-state index contributed by atoms with van der Waals surface area (Å²) in [5.41, 5.74) is 5.33. The van der Waals surface area contributed by atoms with Gasteiger partial charge in [-0.15, -0.1) is 0 Å². The molecule has 194 valence electrons. The summed E-state index contributed by atoms with van der Waals surface area (Å²) in [5, 5.41) is 15.0. The molecule has 0 aliphatic rings. The Balaban J connectivity index is 1.42. The van der Waals surface area contributed by atoms with Crippen LogP contribution >= 0.6 is 0 Å². The second-order valence-electron chi connectivity index (χ2n) is 11.3. The fourth-order valence-corrected chi connectivity index (χ4v) is 7.31. The average molecular weight is 534 g/mol. The largest absolute Gasteiger partial charge is 0.456 e. The molecule has 0 aliphatic carbocycles. The van der Waals surface area contributed by atoms with E-state index in [0.717, 1.165) is 27.8 Å². The van der Waals surface area contributed by atoms with Crippen LogP contribution < -0.4 is 0 Å². The lowest BCUT2D eigenvalue weighted by atomic mass is 9.90. The molecule has 0 radical (unpaired) electrons. The quantitative estimate of drug-likeness (QED) is 0.152. The van der Waals surface area contributed by atoms with Crippen LogP contribution in [0, 0.1) is 0 Å². The molecule has 10 rings (SSSR count). The summed E-state index contributed by atoms with van der Waals surface area (Å²) in [7, 11) is 0. The number of fused-ring (bicyclic) bond motifs is 14. The van der Waals surface area contributed by atoms with E-state index in [0.29, 0.717) is 0 Å². The van der Waals surface area contributed by atoms with Gasteiger partial charge in [0.15, 0.2) is 0 Å². The number of benzene rings is 8. The van der Waals surface area contributed by atoms with Gasteiger partial charge in [0.2, 0.25) is 0 Å². The zero-order chi connectivity index (χ0) is 27.4. The van der Waals surface area contributed by atoms with Crippen molar-refractivity contribution in [2.75, 3.05) is 0 Å². The zero-order valence-electron chi connectivity index (χ0n) is 22.6. The molecule has 0 N–H and O–H groups in total. The number of rotatable bonds is 1. The topological polar surface area (TPSA) is 18.1 Å². The highest BCUT2D eigenvalue weighted by Crippen LogP contribution is 2.45. The fraction of sp³-hybridized carbons (Fsp3) is 0. The molecule has 0 saturated heterocycles. The van der Waals surface area contributed by atoms with E-state index < -0.39 is 0 Å². The molecule has 2 aromatic heterocycles. The van der Waals surface area contributed by atoms with Gasteiger partial charge >= 0.3 is 0 Å². The number of hydrogen-bond acceptors (Lipinski definition) is 1. The summed E-state index contributed by atoms with van der Waals surface area (Å²) in [4.78, 5) is 0. The van der Waals surface area contributed by atoms with Crippen LogP contribution in [-0.4, -0.2) is 4.57 Å². The second-order valence-corrected chi connectivity index (χ2v) is 11.3. The van der Waals surface area contributed by atoms with E-state index in [4.69, 9.17) is 4.42 Å². The van der Waals surface area contributed by atoms with E-state index in [-0.39, 0.29) is 0 Å². The third kappa shape index (κ3) is 2.83. The molecule has 2 heterocycles. The Morgan fingerprint density at radius 3 is 1.81 bits per heavy atom. The maximum absolute atomic E-state index is 6.67. The molecule has 2 heteroatoms. The van der Waals surface area contributed by atoms with Gasteiger partial charge in [0.05, 0.1) is 11.0 Å². The molecule has 0 fully saturated rings. The smallest absolute Gasteiger partial charge is 0.137 e. The van der Waals surface area contributed by atoms with Gasteiger partial charge in [-0.3, -0.25) is 0 Å². The molecule has 10 aromatic rings. The summed E-state index contributed by atoms with van der Waals surface area (Å²) in [6.45, 7) is 0. The highest BCUT2D eigenvalue weighted by atomic mass is 16.3. The van der Waals surface area contributed by atoms with Crippen LogP contribution in [0.25, 0.3) is 92.5 Å². The lowest BCUT2D eigenvalue weighted by Crippen LogP contribution is -1.92. The third-order valence-corrected chi connectivity index (χ3v) is 9.11. The molecule has 0 spiro atoms. The Labute approximate surface area is 240 Å². The first-order valence-corrected chi connectivity index (χ1v) is 14.4. The van der Waals surface area contributed by atoms with Crippen LogP contribution in [-0.2, 0) is 0 Å². The first-order chi connectivity index (χ1) is 20.8. The monoisotopic (exact) mass is 533 g/mol. The summed E-state index contributed by atoms with van der Waals surface area (Å²) < 4.78 is 9.02. The van der Waals surface area contributed by atoms with E-state index in [2.05, 4.69) is 144 Å². The first-order valence-electron chi connectivity index (χ1n) is 14.4. The summed E-state index contributed by atoms with van der Waals surface area (Å²) in [6, 6.07) is 50.5. The molecule has 2 nitrogen and oxygen atoms in total. The predicted octanol–water partition coefficient (Wildman–Crippen LogP) is 11.3. The predicted molar refractivity (Wildman–Crippen MR) is 178 cm³/mol. The Morgan fingerprint density at radius 1 is 0.357 bits per heavy atom. The van der Waals surface area contributed by atoms with Gasteiger partial charge in [0.1, 0.15) is 11.2 Å². The average Bonchev–Trinajstić information content (AvgIpc) is 3.58. The van der Waals surface area contributed by atoms with Gasteiger partial charge in [-0.2, -0.15) is 0 Å². The van der Waals surface area contributed by atoms with E-state index in [1.165, 1.54) is 64.8 Å². The minimum Gasteiger partial charge on any atom is -0.456 e. The van der Waals surface area contributed by atoms with E-state index in [9.17, 15) is 0 Å². The maximum atomic E-state index is 6.67. The van der Waals surface area contributed by atoms with Crippen LogP contribution in [0.4, 0.5) is 0 Å². The van der Waals surface area contributed by atoms with Crippen molar-refractivity contribution in [3.63, 3.8) is 0 Å². The van der Waals surface area contributed by atoms with Gasteiger partial charge in [-0.1, -0.05) is 84.9 Å². The highest BCUT2D eigenvalue weighted by Gasteiger charge is 2.19. The normalized spacial score (nSPS) is 12.3. The van der Waals surface area contributed by atoms with Gasteiger partial charge in [-0.25, -0.2) is 0 Å². The van der Waals surface area contributed by atoms with Gasteiger partial charge < -0.3 is 8.98 Å². The van der Waals surface area contributed by atoms with Gasteiger partial charge in [-0.05, 0) is 86.2 Å². The minimum atomic E-state index is 0.910. The van der Waals surface area contributed by atoms with Crippen LogP contribution in [0.15, 0.2) is 144 Å². The molecule has 8 aromatic carbocycles. The highest BCUT2D eigenvalue weighted by molar-refractivity contribution is 6.36. The Kier molecular flexibility index (Phi) is 4.21. The lowest BCUT2D eigenvalue weighted by Gasteiger charge is -2.12. The number of nitrogens with zero attached hydrogens (tertiary/aromatic N) is 1. The number of aromatic nitrogens is 1. The molecule has 0 aliphatic heterocycles. The lowest BCUT2D eigenvalue weighted by molar-refractivity contribution is 0.669. The Bertz CT molecular complexity index is 2730. The van der Waals surface area contributed by atoms with Crippen LogP contribution in [0.5, 0.6) is 0 Å². The maximum Gasteiger partial charge on any atom is 0.137 e. The number of furan rings is 1. The molecular weight excluding hydrogens is 510 g/mol. The van der Waals surface area contributed by atoms with Crippen molar-refractivity contribution in [2.24, 2.45) is 0 Å². The minimum absolute atomic E-state index is 0.910. The van der Waals surface area contributed by atoms with E-state index in [1.54, 1.807) is 0 Å². The van der Waals surface area contributed by atoms with Gasteiger partial charge in [0, 0.05) is 38.7 Å². The van der Waals surface area contributed by atoms with Crippen LogP contribution in [0.2, 0.25) is 0 Å².